The average molecular weight is 435 g/mol. The zero-order valence-electron chi connectivity index (χ0n) is 21.3. The minimum atomic E-state index is -0.176. The lowest BCUT2D eigenvalue weighted by Gasteiger charge is -2.70. The number of fused-ring (bicyclic) bond motifs is 7. The fourth-order valence-corrected chi connectivity index (χ4v) is 8.87. The van der Waals surface area contributed by atoms with Crippen LogP contribution in [0, 0.1) is 33.0 Å². The SMILES string of the molecule is CC1=C(CO)C(=O)C=C2C1=CC=C1[C@@]2(C)CC[C@@]2(C)C3CC(C)(C)CC[C@]3(C)CC[C@]12C. The van der Waals surface area contributed by atoms with E-state index >= 15 is 0 Å². The third kappa shape index (κ3) is 2.65. The van der Waals surface area contributed by atoms with Crippen LogP contribution < -0.4 is 0 Å². The second kappa shape index (κ2) is 6.59. The van der Waals surface area contributed by atoms with Crippen molar-refractivity contribution in [1.82, 2.24) is 0 Å². The molecule has 0 amide bonds. The van der Waals surface area contributed by atoms with Crippen molar-refractivity contribution in [3.63, 3.8) is 0 Å². The largest absolute Gasteiger partial charge is 0.392 e. The summed E-state index contributed by atoms with van der Waals surface area (Å²) in [6.07, 6.45) is 15.5. The number of carbonyl (C=O) groups excluding carboxylic acids is 1. The van der Waals surface area contributed by atoms with Crippen LogP contribution in [-0.4, -0.2) is 17.5 Å². The number of allylic oxidation sites excluding steroid dienone is 7. The van der Waals surface area contributed by atoms with Crippen LogP contribution in [0.15, 0.2) is 46.1 Å². The topological polar surface area (TPSA) is 37.3 Å². The number of hydrogen-bond donors (Lipinski definition) is 1. The number of ketones is 1. The standard InChI is InChI=1S/C30H42O2/c1-19-20-8-9-24-28(5,22(20)16-23(32)21(19)18-31)13-15-30(7)25-17-26(2,3)10-11-27(25,4)12-14-29(24,30)6/h8-9,16,25,31H,10-15,17-18H2,1-7H3/t25?,27-,28+,29-,30+/m1/s1. The molecular formula is C30H42O2. The van der Waals surface area contributed by atoms with Gasteiger partial charge in [-0.25, -0.2) is 0 Å². The molecular weight excluding hydrogens is 392 g/mol. The average Bonchev–Trinajstić information content (AvgIpc) is 2.72. The molecule has 2 nitrogen and oxygen atoms in total. The van der Waals surface area contributed by atoms with E-state index in [1.54, 1.807) is 5.57 Å². The monoisotopic (exact) mass is 434 g/mol. The van der Waals surface area contributed by atoms with Crippen molar-refractivity contribution < 1.29 is 9.90 Å². The first-order valence-electron chi connectivity index (χ1n) is 12.8. The van der Waals surface area contributed by atoms with Gasteiger partial charge in [-0.05, 0) is 102 Å². The van der Waals surface area contributed by atoms with E-state index in [1.165, 1.54) is 49.7 Å². The minimum Gasteiger partial charge on any atom is -0.392 e. The van der Waals surface area contributed by atoms with Crippen molar-refractivity contribution in [1.29, 1.82) is 0 Å². The molecule has 0 saturated heterocycles. The normalized spacial score (nSPS) is 45.1. The van der Waals surface area contributed by atoms with E-state index in [2.05, 4.69) is 53.7 Å². The van der Waals surface area contributed by atoms with Crippen molar-refractivity contribution in [2.75, 3.05) is 6.61 Å². The van der Waals surface area contributed by atoms with E-state index in [0.29, 0.717) is 16.4 Å². The molecule has 5 atom stereocenters. The molecule has 0 aromatic rings. The number of carbonyl (C=O) groups is 1. The predicted molar refractivity (Wildman–Crippen MR) is 131 cm³/mol. The molecule has 32 heavy (non-hydrogen) atoms. The maximum Gasteiger partial charge on any atom is 0.184 e. The molecule has 1 unspecified atom stereocenters. The molecule has 0 bridgehead atoms. The molecule has 0 aromatic carbocycles. The van der Waals surface area contributed by atoms with Crippen LogP contribution in [0.2, 0.25) is 0 Å². The predicted octanol–water partition coefficient (Wildman–Crippen LogP) is 7.11. The van der Waals surface area contributed by atoms with Crippen molar-refractivity contribution >= 4 is 5.78 Å². The highest BCUT2D eigenvalue weighted by Gasteiger charge is 2.66. The van der Waals surface area contributed by atoms with Gasteiger partial charge >= 0.3 is 0 Å². The van der Waals surface area contributed by atoms with Gasteiger partial charge in [-0.2, -0.15) is 0 Å². The summed E-state index contributed by atoms with van der Waals surface area (Å²) >= 11 is 0. The maximum absolute atomic E-state index is 12.9. The lowest BCUT2D eigenvalue weighted by Crippen LogP contribution is -2.61. The number of aliphatic hydroxyl groups is 1. The number of rotatable bonds is 1. The van der Waals surface area contributed by atoms with Crippen molar-refractivity contribution in [3.8, 4) is 0 Å². The van der Waals surface area contributed by atoms with E-state index in [4.69, 9.17) is 0 Å². The molecule has 0 radical (unpaired) electrons. The first kappa shape index (κ1) is 22.4. The molecule has 0 aromatic heterocycles. The van der Waals surface area contributed by atoms with Gasteiger partial charge in [0.2, 0.25) is 0 Å². The first-order valence-corrected chi connectivity index (χ1v) is 12.8. The lowest BCUT2D eigenvalue weighted by molar-refractivity contribution is -0.159. The van der Waals surface area contributed by atoms with E-state index in [1.807, 2.05) is 13.0 Å². The van der Waals surface area contributed by atoms with Gasteiger partial charge in [-0.1, -0.05) is 59.3 Å². The Labute approximate surface area is 194 Å². The maximum atomic E-state index is 12.9. The Balaban J connectivity index is 1.65. The smallest absolute Gasteiger partial charge is 0.184 e. The van der Waals surface area contributed by atoms with Crippen LogP contribution in [0.25, 0.3) is 0 Å². The molecule has 0 heterocycles. The summed E-state index contributed by atoms with van der Waals surface area (Å²) < 4.78 is 0. The first-order chi connectivity index (χ1) is 14.8. The fourth-order valence-electron chi connectivity index (χ4n) is 8.87. The zero-order chi connectivity index (χ0) is 23.3. The molecule has 174 valence electrons. The molecule has 2 heteroatoms. The summed E-state index contributed by atoms with van der Waals surface area (Å²) in [6.45, 7) is 17.0. The highest BCUT2D eigenvalue weighted by atomic mass is 16.3. The van der Waals surface area contributed by atoms with Crippen molar-refractivity contribution in [2.24, 2.45) is 33.0 Å². The van der Waals surface area contributed by atoms with Crippen LogP contribution in [0.5, 0.6) is 0 Å². The van der Waals surface area contributed by atoms with Crippen LogP contribution in [0.1, 0.15) is 93.4 Å². The highest BCUT2D eigenvalue weighted by molar-refractivity contribution is 6.08. The molecule has 3 fully saturated rings. The lowest BCUT2D eigenvalue weighted by atomic mass is 9.34. The van der Waals surface area contributed by atoms with Gasteiger partial charge < -0.3 is 5.11 Å². The second-order valence-corrected chi connectivity index (χ2v) is 13.5. The van der Waals surface area contributed by atoms with Gasteiger partial charge in [0.25, 0.3) is 0 Å². The van der Waals surface area contributed by atoms with E-state index < -0.39 is 0 Å². The Hall–Kier alpha value is -1.41. The fraction of sp³-hybridized carbons (Fsp3) is 0.700. The summed E-state index contributed by atoms with van der Waals surface area (Å²) in [7, 11) is 0. The van der Waals surface area contributed by atoms with E-state index in [-0.39, 0.29) is 28.6 Å². The van der Waals surface area contributed by atoms with Gasteiger partial charge in [-0.3, -0.25) is 4.79 Å². The van der Waals surface area contributed by atoms with Crippen molar-refractivity contribution in [2.45, 2.75) is 93.4 Å². The van der Waals surface area contributed by atoms with Crippen LogP contribution in [0.4, 0.5) is 0 Å². The van der Waals surface area contributed by atoms with E-state index in [0.717, 1.165) is 17.9 Å². The number of aliphatic hydroxyl groups excluding tert-OH is 1. The van der Waals surface area contributed by atoms with Gasteiger partial charge in [0.15, 0.2) is 5.78 Å². The summed E-state index contributed by atoms with van der Waals surface area (Å²) in [5.41, 5.74) is 6.71. The van der Waals surface area contributed by atoms with Gasteiger partial charge in [0.05, 0.1) is 6.61 Å². The Morgan fingerprint density at radius 1 is 0.938 bits per heavy atom. The van der Waals surface area contributed by atoms with Crippen molar-refractivity contribution in [3.05, 3.63) is 46.1 Å². The molecule has 5 rings (SSSR count). The highest BCUT2D eigenvalue weighted by Crippen LogP contribution is 2.75. The molecule has 5 aliphatic carbocycles. The summed E-state index contributed by atoms with van der Waals surface area (Å²) in [4.78, 5) is 12.9. The van der Waals surface area contributed by atoms with Crippen LogP contribution >= 0.6 is 0 Å². The summed E-state index contributed by atoms with van der Waals surface area (Å²) in [5, 5.41) is 9.77. The summed E-state index contributed by atoms with van der Waals surface area (Å²) in [5.74, 6) is 0.751. The van der Waals surface area contributed by atoms with Gasteiger partial charge in [0.1, 0.15) is 0 Å². The van der Waals surface area contributed by atoms with Crippen LogP contribution in [-0.2, 0) is 4.79 Å². The van der Waals surface area contributed by atoms with Crippen LogP contribution in [0.3, 0.4) is 0 Å². The molecule has 3 saturated carbocycles. The Kier molecular flexibility index (Phi) is 4.61. The Morgan fingerprint density at radius 3 is 2.31 bits per heavy atom. The molecule has 0 aliphatic heterocycles. The van der Waals surface area contributed by atoms with Gasteiger partial charge in [-0.15, -0.1) is 0 Å². The second-order valence-electron chi connectivity index (χ2n) is 13.5. The molecule has 0 spiro atoms. The zero-order valence-corrected chi connectivity index (χ0v) is 21.3. The van der Waals surface area contributed by atoms with Gasteiger partial charge in [0, 0.05) is 11.0 Å². The molecule has 1 N–H and O–H groups in total. The third-order valence-electron chi connectivity index (χ3n) is 11.4. The van der Waals surface area contributed by atoms with E-state index in [9.17, 15) is 9.90 Å². The third-order valence-corrected chi connectivity index (χ3v) is 11.4. The number of hydrogen-bond acceptors (Lipinski definition) is 2. The molecule has 5 aliphatic rings. The minimum absolute atomic E-state index is 0.00311. The Bertz CT molecular complexity index is 1020. The summed E-state index contributed by atoms with van der Waals surface area (Å²) in [6, 6.07) is 0. The quantitative estimate of drug-likeness (QED) is 0.477. The Morgan fingerprint density at radius 2 is 1.62 bits per heavy atom.